The monoisotopic (exact) mass is 226 g/mol. The molecular formula is C12H22N2O2. The Morgan fingerprint density at radius 1 is 1.44 bits per heavy atom. The highest BCUT2D eigenvalue weighted by atomic mass is 16.5. The quantitative estimate of drug-likeness (QED) is 0.757. The van der Waals surface area contributed by atoms with Gasteiger partial charge in [-0.25, -0.2) is 0 Å². The number of nitrogens with two attached hydrogens (primary N) is 1. The molecule has 0 radical (unpaired) electrons. The van der Waals surface area contributed by atoms with Gasteiger partial charge in [0.05, 0.1) is 12.1 Å². The molecule has 4 heteroatoms. The molecule has 0 atom stereocenters. The average Bonchev–Trinajstić information content (AvgIpc) is 3.01. The average molecular weight is 226 g/mol. The van der Waals surface area contributed by atoms with Gasteiger partial charge in [0.2, 0.25) is 5.91 Å². The zero-order valence-electron chi connectivity index (χ0n) is 10.1. The lowest BCUT2D eigenvalue weighted by atomic mass is 9.97. The second-order valence-electron chi connectivity index (χ2n) is 5.09. The van der Waals surface area contributed by atoms with E-state index in [1.54, 1.807) is 7.11 Å². The zero-order valence-corrected chi connectivity index (χ0v) is 10.1. The standard InChI is InChI=1S/C12H22N2O2/c1-16-9-8-14(10-4-5-10)11(15)12(13)6-2-3-7-12/h10H,2-9,13H2,1H3. The molecule has 16 heavy (non-hydrogen) atoms. The van der Waals surface area contributed by atoms with Gasteiger partial charge in [-0.05, 0) is 25.7 Å². The SMILES string of the molecule is COCCN(C(=O)C1(N)CCCC1)C1CC1. The fourth-order valence-corrected chi connectivity index (χ4v) is 2.53. The Balaban J connectivity index is 1.98. The van der Waals surface area contributed by atoms with E-state index in [1.807, 2.05) is 4.90 Å². The van der Waals surface area contributed by atoms with Crippen LogP contribution in [0.15, 0.2) is 0 Å². The van der Waals surface area contributed by atoms with E-state index in [2.05, 4.69) is 0 Å². The highest BCUT2D eigenvalue weighted by molar-refractivity contribution is 5.87. The number of amides is 1. The molecule has 0 aliphatic heterocycles. The minimum Gasteiger partial charge on any atom is -0.383 e. The number of methoxy groups -OCH3 is 1. The first-order chi connectivity index (χ1) is 7.67. The van der Waals surface area contributed by atoms with Gasteiger partial charge in [-0.15, -0.1) is 0 Å². The van der Waals surface area contributed by atoms with E-state index in [4.69, 9.17) is 10.5 Å². The van der Waals surface area contributed by atoms with Crippen LogP contribution < -0.4 is 5.73 Å². The third-order valence-corrected chi connectivity index (χ3v) is 3.71. The molecule has 2 aliphatic rings. The van der Waals surface area contributed by atoms with Crippen molar-refractivity contribution in [2.24, 2.45) is 5.73 Å². The molecule has 2 rings (SSSR count). The molecule has 0 heterocycles. The molecule has 0 unspecified atom stereocenters. The van der Waals surface area contributed by atoms with Gasteiger partial charge in [-0.1, -0.05) is 12.8 Å². The van der Waals surface area contributed by atoms with Crippen LogP contribution in [0.3, 0.4) is 0 Å². The molecule has 0 saturated heterocycles. The summed E-state index contributed by atoms with van der Waals surface area (Å²) < 4.78 is 5.06. The Hall–Kier alpha value is -0.610. The van der Waals surface area contributed by atoms with E-state index < -0.39 is 5.54 Å². The molecule has 2 fully saturated rings. The van der Waals surface area contributed by atoms with Gasteiger partial charge < -0.3 is 15.4 Å². The van der Waals surface area contributed by atoms with Gasteiger partial charge >= 0.3 is 0 Å². The summed E-state index contributed by atoms with van der Waals surface area (Å²) in [5.41, 5.74) is 5.64. The molecule has 2 aliphatic carbocycles. The molecule has 0 spiro atoms. The maximum atomic E-state index is 12.4. The third-order valence-electron chi connectivity index (χ3n) is 3.71. The lowest BCUT2D eigenvalue weighted by Gasteiger charge is -2.31. The largest absolute Gasteiger partial charge is 0.383 e. The molecule has 2 N–H and O–H groups in total. The van der Waals surface area contributed by atoms with E-state index in [0.29, 0.717) is 19.2 Å². The van der Waals surface area contributed by atoms with Gasteiger partial charge in [0.15, 0.2) is 0 Å². The summed E-state index contributed by atoms with van der Waals surface area (Å²) in [6.07, 6.45) is 6.14. The number of carbonyl (C=O) groups is 1. The van der Waals surface area contributed by atoms with E-state index in [9.17, 15) is 4.79 Å². The van der Waals surface area contributed by atoms with Crippen molar-refractivity contribution in [1.29, 1.82) is 0 Å². The Kier molecular flexibility index (Phi) is 3.50. The molecule has 92 valence electrons. The Labute approximate surface area is 97.1 Å². The second kappa shape index (κ2) is 4.72. The topological polar surface area (TPSA) is 55.6 Å². The van der Waals surface area contributed by atoms with E-state index in [0.717, 1.165) is 38.5 Å². The van der Waals surface area contributed by atoms with Crippen LogP contribution in [0.5, 0.6) is 0 Å². The number of rotatable bonds is 5. The lowest BCUT2D eigenvalue weighted by Crippen LogP contribution is -2.54. The third kappa shape index (κ3) is 2.38. The predicted octanol–water partition coefficient (Wildman–Crippen LogP) is 0.895. The number of hydrogen-bond donors (Lipinski definition) is 1. The number of ether oxygens (including phenoxy) is 1. The van der Waals surface area contributed by atoms with Crippen LogP contribution in [0, 0.1) is 0 Å². The highest BCUT2D eigenvalue weighted by Crippen LogP contribution is 2.33. The highest BCUT2D eigenvalue weighted by Gasteiger charge is 2.43. The number of carbonyl (C=O) groups excluding carboxylic acids is 1. The zero-order chi connectivity index (χ0) is 11.6. The molecule has 0 aromatic carbocycles. The molecule has 2 saturated carbocycles. The van der Waals surface area contributed by atoms with Crippen molar-refractivity contribution in [3.8, 4) is 0 Å². The van der Waals surface area contributed by atoms with Crippen molar-refractivity contribution in [2.45, 2.75) is 50.1 Å². The summed E-state index contributed by atoms with van der Waals surface area (Å²) in [6.45, 7) is 1.30. The van der Waals surface area contributed by atoms with Crippen molar-refractivity contribution < 1.29 is 9.53 Å². The van der Waals surface area contributed by atoms with Crippen LogP contribution in [-0.4, -0.2) is 42.6 Å². The molecule has 0 aromatic rings. The van der Waals surface area contributed by atoms with Crippen molar-refractivity contribution in [1.82, 2.24) is 4.90 Å². The second-order valence-corrected chi connectivity index (χ2v) is 5.09. The summed E-state index contributed by atoms with van der Waals surface area (Å²) in [5, 5.41) is 0. The molecule has 1 amide bonds. The summed E-state index contributed by atoms with van der Waals surface area (Å²) in [5.74, 6) is 0.157. The molecule has 0 aromatic heterocycles. The Morgan fingerprint density at radius 2 is 2.06 bits per heavy atom. The van der Waals surface area contributed by atoms with Crippen LogP contribution in [0.1, 0.15) is 38.5 Å². The number of hydrogen-bond acceptors (Lipinski definition) is 3. The van der Waals surface area contributed by atoms with Gasteiger partial charge in [0.25, 0.3) is 0 Å². The van der Waals surface area contributed by atoms with Crippen LogP contribution in [-0.2, 0) is 9.53 Å². The molecule has 0 bridgehead atoms. The van der Waals surface area contributed by atoms with Crippen molar-refractivity contribution in [3.05, 3.63) is 0 Å². The first kappa shape index (κ1) is 11.9. The summed E-state index contributed by atoms with van der Waals surface area (Å²) in [4.78, 5) is 14.4. The lowest BCUT2D eigenvalue weighted by molar-refractivity contribution is -0.138. The van der Waals surface area contributed by atoms with Crippen molar-refractivity contribution in [3.63, 3.8) is 0 Å². The van der Waals surface area contributed by atoms with Gasteiger partial charge in [-0.2, -0.15) is 0 Å². The van der Waals surface area contributed by atoms with Crippen molar-refractivity contribution in [2.75, 3.05) is 20.3 Å². The van der Waals surface area contributed by atoms with Crippen LogP contribution in [0.25, 0.3) is 0 Å². The normalized spacial score (nSPS) is 23.4. The Morgan fingerprint density at radius 3 is 2.56 bits per heavy atom. The minimum atomic E-state index is -0.573. The van der Waals surface area contributed by atoms with Crippen LogP contribution >= 0.6 is 0 Å². The summed E-state index contributed by atoms with van der Waals surface area (Å²) in [6, 6.07) is 0.434. The first-order valence-corrected chi connectivity index (χ1v) is 6.26. The smallest absolute Gasteiger partial charge is 0.242 e. The maximum Gasteiger partial charge on any atom is 0.242 e. The first-order valence-electron chi connectivity index (χ1n) is 6.26. The fraction of sp³-hybridized carbons (Fsp3) is 0.917. The Bertz CT molecular complexity index is 258. The molecular weight excluding hydrogens is 204 g/mol. The predicted molar refractivity (Wildman–Crippen MR) is 62.0 cm³/mol. The van der Waals surface area contributed by atoms with Gasteiger partial charge in [0.1, 0.15) is 0 Å². The van der Waals surface area contributed by atoms with Crippen LogP contribution in [0.2, 0.25) is 0 Å². The van der Waals surface area contributed by atoms with E-state index >= 15 is 0 Å². The number of nitrogens with zero attached hydrogens (tertiary/aromatic N) is 1. The molecule has 4 nitrogen and oxygen atoms in total. The maximum absolute atomic E-state index is 12.4. The summed E-state index contributed by atoms with van der Waals surface area (Å²) in [7, 11) is 1.67. The van der Waals surface area contributed by atoms with E-state index in [-0.39, 0.29) is 5.91 Å². The van der Waals surface area contributed by atoms with Crippen LogP contribution in [0.4, 0.5) is 0 Å². The fourth-order valence-electron chi connectivity index (χ4n) is 2.53. The van der Waals surface area contributed by atoms with Crippen molar-refractivity contribution >= 4 is 5.91 Å². The minimum absolute atomic E-state index is 0.157. The van der Waals surface area contributed by atoms with Gasteiger partial charge in [0, 0.05) is 19.7 Å². The van der Waals surface area contributed by atoms with E-state index in [1.165, 1.54) is 0 Å². The summed E-state index contributed by atoms with van der Waals surface area (Å²) >= 11 is 0. The van der Waals surface area contributed by atoms with Gasteiger partial charge in [-0.3, -0.25) is 4.79 Å².